The van der Waals surface area contributed by atoms with E-state index in [4.69, 9.17) is 4.74 Å². The minimum absolute atomic E-state index is 0. The molecule has 0 saturated carbocycles. The standard InChI is InChI=1S/C7H16OSi/c1-9(2)7-5-3-4-6-8-7/h7,9H,3-6H2,1-2H3/p+2. The van der Waals surface area contributed by atoms with Crippen molar-refractivity contribution >= 4 is 8.80 Å². The van der Waals surface area contributed by atoms with Crippen molar-refractivity contribution < 1.29 is 7.59 Å². The summed E-state index contributed by atoms with van der Waals surface area (Å²) in [5, 5.41) is 0. The second-order valence-corrected chi connectivity index (χ2v) is 6.38. The summed E-state index contributed by atoms with van der Waals surface area (Å²) in [6.07, 6.45) is 4.03. The van der Waals surface area contributed by atoms with Gasteiger partial charge >= 0.3 is 2.85 Å². The van der Waals surface area contributed by atoms with Gasteiger partial charge in [0.05, 0.1) is 8.80 Å². The predicted octanol–water partition coefficient (Wildman–Crippen LogP) is 1.81. The van der Waals surface area contributed by atoms with Gasteiger partial charge in [0.2, 0.25) is 0 Å². The molecule has 2 heteroatoms. The summed E-state index contributed by atoms with van der Waals surface area (Å²) in [5.74, 6) is 0. The fourth-order valence-corrected chi connectivity index (χ4v) is 2.71. The van der Waals surface area contributed by atoms with Crippen LogP contribution in [0.5, 0.6) is 0 Å². The minimum atomic E-state index is -0.474. The van der Waals surface area contributed by atoms with Crippen LogP contribution in [-0.2, 0) is 4.74 Å². The molecule has 1 fully saturated rings. The maximum atomic E-state index is 5.60. The molecule has 1 nitrogen and oxygen atoms in total. The van der Waals surface area contributed by atoms with E-state index in [1.165, 1.54) is 19.3 Å². The lowest BCUT2D eigenvalue weighted by Gasteiger charge is -2.24. The molecule has 9 heavy (non-hydrogen) atoms. The Kier molecular flexibility index (Phi) is 2.73. The largest absolute Gasteiger partial charge is 1.00 e. The van der Waals surface area contributed by atoms with E-state index >= 15 is 0 Å². The van der Waals surface area contributed by atoms with Gasteiger partial charge in [0.1, 0.15) is 0 Å². The Morgan fingerprint density at radius 1 is 1.44 bits per heavy atom. The summed E-state index contributed by atoms with van der Waals surface area (Å²) in [4.78, 5) is 0. The van der Waals surface area contributed by atoms with Gasteiger partial charge in [-0.1, -0.05) is 13.1 Å². The molecule has 0 spiro atoms. The second kappa shape index (κ2) is 3.37. The van der Waals surface area contributed by atoms with Crippen LogP contribution in [0.3, 0.4) is 0 Å². The first-order chi connectivity index (χ1) is 4.30. The van der Waals surface area contributed by atoms with Gasteiger partial charge in [-0.25, -0.2) is 0 Å². The molecule has 1 aliphatic rings. The highest BCUT2D eigenvalue weighted by atomic mass is 28.3. The normalized spacial score (nSPS) is 29.0. The first-order valence-corrected chi connectivity index (χ1v) is 6.90. The van der Waals surface area contributed by atoms with Gasteiger partial charge in [0.25, 0.3) is 0 Å². The predicted molar refractivity (Wildman–Crippen MR) is 44.7 cm³/mol. The Labute approximate surface area is 62.0 Å². The molecule has 1 unspecified atom stereocenters. The van der Waals surface area contributed by atoms with E-state index < -0.39 is 8.80 Å². The van der Waals surface area contributed by atoms with Crippen molar-refractivity contribution in [3.8, 4) is 0 Å². The molecule has 0 radical (unpaired) electrons. The van der Waals surface area contributed by atoms with E-state index in [0.29, 0.717) is 5.73 Å². The van der Waals surface area contributed by atoms with Crippen LogP contribution in [-0.4, -0.2) is 21.1 Å². The maximum absolute atomic E-state index is 5.60. The summed E-state index contributed by atoms with van der Waals surface area (Å²) < 4.78 is 5.60. The highest BCUT2D eigenvalue weighted by Crippen LogP contribution is 2.14. The smallest absolute Gasteiger partial charge is 0.382 e. The third kappa shape index (κ3) is 2.10. The van der Waals surface area contributed by atoms with E-state index in [1.54, 1.807) is 0 Å². The molecule has 0 aromatic rings. The molecule has 0 aliphatic carbocycles. The third-order valence-corrected chi connectivity index (χ3v) is 3.97. The van der Waals surface area contributed by atoms with E-state index in [0.717, 1.165) is 6.61 Å². The molecule has 0 aromatic carbocycles. The van der Waals surface area contributed by atoms with Crippen LogP contribution < -0.4 is 0 Å². The van der Waals surface area contributed by atoms with Crippen LogP contribution in [0.4, 0.5) is 0 Å². The van der Waals surface area contributed by atoms with Crippen molar-refractivity contribution in [2.75, 3.05) is 6.61 Å². The lowest BCUT2D eigenvalue weighted by atomic mass is 10.2. The van der Waals surface area contributed by atoms with E-state index in [-0.39, 0.29) is 2.85 Å². The van der Waals surface area contributed by atoms with Crippen molar-refractivity contribution in [1.29, 1.82) is 0 Å². The maximum Gasteiger partial charge on any atom is 1.00 e. The average molecular weight is 146 g/mol. The van der Waals surface area contributed by atoms with Crippen LogP contribution in [0.2, 0.25) is 13.1 Å². The Hall–Kier alpha value is 0.177. The second-order valence-electron chi connectivity index (χ2n) is 3.15. The van der Waals surface area contributed by atoms with Gasteiger partial charge in [-0.2, -0.15) is 0 Å². The number of rotatable bonds is 1. The minimum Gasteiger partial charge on any atom is -0.382 e. The summed E-state index contributed by atoms with van der Waals surface area (Å²) in [6.45, 7) is 5.77. The van der Waals surface area contributed by atoms with Gasteiger partial charge in [-0.15, -0.1) is 0 Å². The highest BCUT2D eigenvalue weighted by molar-refractivity contribution is 6.57. The summed E-state index contributed by atoms with van der Waals surface area (Å²) in [6, 6.07) is 0. The Bertz CT molecular complexity index is 84.5. The SMILES string of the molecule is C[SiH](C)C1CCCCO1.[H+].[H+]. The van der Waals surface area contributed by atoms with Gasteiger partial charge in [-0.3, -0.25) is 0 Å². The summed E-state index contributed by atoms with van der Waals surface area (Å²) in [5.41, 5.74) is 0.693. The van der Waals surface area contributed by atoms with Crippen LogP contribution in [0.25, 0.3) is 0 Å². The van der Waals surface area contributed by atoms with Gasteiger partial charge in [0, 0.05) is 12.3 Å². The molecular weight excluding hydrogens is 128 g/mol. The number of hydrogen-bond acceptors (Lipinski definition) is 1. The first-order valence-electron chi connectivity index (χ1n) is 3.92. The van der Waals surface area contributed by atoms with Crippen molar-refractivity contribution in [1.82, 2.24) is 0 Å². The van der Waals surface area contributed by atoms with E-state index in [9.17, 15) is 0 Å². The lowest BCUT2D eigenvalue weighted by molar-refractivity contribution is 0.0631. The van der Waals surface area contributed by atoms with Crippen molar-refractivity contribution in [2.45, 2.75) is 38.1 Å². The number of hydrogen-bond donors (Lipinski definition) is 0. The molecule has 0 aromatic heterocycles. The lowest BCUT2D eigenvalue weighted by Crippen LogP contribution is -2.31. The molecule has 1 aliphatic heterocycles. The topological polar surface area (TPSA) is 9.23 Å². The summed E-state index contributed by atoms with van der Waals surface area (Å²) in [7, 11) is -0.474. The van der Waals surface area contributed by atoms with E-state index in [1.807, 2.05) is 0 Å². The van der Waals surface area contributed by atoms with Crippen molar-refractivity contribution in [3.05, 3.63) is 0 Å². The molecule has 1 rings (SSSR count). The monoisotopic (exact) mass is 146 g/mol. The fraction of sp³-hybridized carbons (Fsp3) is 1.00. The third-order valence-electron chi connectivity index (χ3n) is 1.96. The first kappa shape index (κ1) is 7.29. The van der Waals surface area contributed by atoms with Crippen molar-refractivity contribution in [3.63, 3.8) is 0 Å². The van der Waals surface area contributed by atoms with Crippen LogP contribution in [0, 0.1) is 0 Å². The van der Waals surface area contributed by atoms with Crippen molar-refractivity contribution in [2.24, 2.45) is 0 Å². The molecule has 54 valence electrons. The molecular formula is C7H18OSi+2. The molecule has 1 atom stereocenters. The average Bonchev–Trinajstić information content (AvgIpc) is 1.90. The number of ether oxygens (including phenoxy) is 1. The molecule has 0 amide bonds. The highest BCUT2D eigenvalue weighted by Gasteiger charge is 2.17. The van der Waals surface area contributed by atoms with Gasteiger partial charge in [-0.05, 0) is 19.3 Å². The zero-order chi connectivity index (χ0) is 6.69. The van der Waals surface area contributed by atoms with Crippen LogP contribution >= 0.6 is 0 Å². The Morgan fingerprint density at radius 2 is 2.22 bits per heavy atom. The summed E-state index contributed by atoms with van der Waals surface area (Å²) >= 11 is 0. The van der Waals surface area contributed by atoms with Crippen LogP contribution in [0.1, 0.15) is 22.1 Å². The van der Waals surface area contributed by atoms with E-state index in [2.05, 4.69) is 13.1 Å². The molecule has 1 heterocycles. The fourth-order valence-electron chi connectivity index (χ4n) is 1.29. The molecule has 1 saturated heterocycles. The molecule has 0 N–H and O–H groups in total. The zero-order valence-corrected chi connectivity index (χ0v) is 7.55. The van der Waals surface area contributed by atoms with Gasteiger partial charge in [0.15, 0.2) is 0 Å². The Balaban J connectivity index is 0. The molecule has 0 bridgehead atoms. The Morgan fingerprint density at radius 3 is 2.56 bits per heavy atom. The van der Waals surface area contributed by atoms with Gasteiger partial charge < -0.3 is 4.74 Å². The van der Waals surface area contributed by atoms with Crippen LogP contribution in [0.15, 0.2) is 0 Å². The quantitative estimate of drug-likeness (QED) is 0.513. The zero-order valence-electron chi connectivity index (χ0n) is 8.39.